The number of aromatic amines is 2. The number of para-hydroxylation sites is 2. The van der Waals surface area contributed by atoms with E-state index >= 15 is 47.9 Å². The predicted molar refractivity (Wildman–Crippen MR) is 544 cm³/mol. The van der Waals surface area contributed by atoms with Crippen LogP contribution in [-0.4, -0.2) is 384 Å². The second-order valence-corrected chi connectivity index (χ2v) is 41.4. The molecule has 0 aliphatic carbocycles. The van der Waals surface area contributed by atoms with Crippen LogP contribution in [0.1, 0.15) is 122 Å². The van der Waals surface area contributed by atoms with Gasteiger partial charge in [-0.1, -0.05) is 99.6 Å². The Morgan fingerprint density at radius 3 is 1.61 bits per heavy atom. The van der Waals surface area contributed by atoms with Crippen molar-refractivity contribution in [2.75, 3.05) is 128 Å². The maximum Gasteiger partial charge on any atom is 0.317 e. The minimum absolute atomic E-state index is 0.0281. The number of thioether (sulfide) groups is 2. The normalized spacial score (nSPS) is 21.5. The van der Waals surface area contributed by atoms with Gasteiger partial charge in [-0.25, -0.2) is 0 Å². The zero-order valence-corrected chi connectivity index (χ0v) is 85.0. The monoisotopic (exact) mass is 2080 g/mol. The molecule has 15 amide bonds. The van der Waals surface area contributed by atoms with Crippen LogP contribution in [0.4, 0.5) is 0 Å². The number of primary amides is 2. The van der Waals surface area contributed by atoms with Gasteiger partial charge in [0.05, 0.1) is 45.1 Å². The van der Waals surface area contributed by atoms with Crippen LogP contribution in [-0.2, 0) is 110 Å². The molecule has 4 saturated heterocycles. The van der Waals surface area contributed by atoms with E-state index in [4.69, 9.17) is 11.5 Å². The number of carbonyl (C=O) groups excluding carboxylic acids is 15. The van der Waals surface area contributed by atoms with Gasteiger partial charge in [-0.2, -0.15) is 0 Å². The molecule has 13 atom stereocenters. The third-order valence-electron chi connectivity index (χ3n) is 26.2. The molecule has 48 heteroatoms. The number of amides is 15. The quantitative estimate of drug-likeness (QED) is 0.0182. The molecule has 4 aliphatic heterocycles. The number of benzene rings is 4. The summed E-state index contributed by atoms with van der Waals surface area (Å²) in [6.45, 7) is 7.84. The van der Waals surface area contributed by atoms with Crippen LogP contribution in [0.3, 0.4) is 0 Å². The van der Waals surface area contributed by atoms with Crippen LogP contribution in [0, 0.1) is 11.3 Å². The van der Waals surface area contributed by atoms with E-state index in [-0.39, 0.29) is 134 Å². The van der Waals surface area contributed by atoms with Crippen molar-refractivity contribution in [3.8, 4) is 0 Å². The van der Waals surface area contributed by atoms with E-state index in [1.165, 1.54) is 25.8 Å². The Labute approximate surface area is 858 Å². The van der Waals surface area contributed by atoms with Gasteiger partial charge in [0.25, 0.3) is 0 Å². The minimum atomic E-state index is -2.15. The van der Waals surface area contributed by atoms with Gasteiger partial charge in [0, 0.05) is 149 Å². The Balaban J connectivity index is 1.01. The summed E-state index contributed by atoms with van der Waals surface area (Å²) in [6, 6.07) is 6.35. The molecule has 0 spiro atoms. The van der Waals surface area contributed by atoms with Crippen LogP contribution in [0.25, 0.3) is 32.6 Å². The number of carboxylic acids is 4. The van der Waals surface area contributed by atoms with E-state index in [0.29, 0.717) is 65.3 Å². The number of likely N-dealkylation sites (N-methyl/N-ethyl adjacent to an activating group) is 1. The highest BCUT2D eigenvalue weighted by molar-refractivity contribution is 8.16. The SMILES string of the molecule is CC(=O)N[C@@H](Cc1c[nH]c2ccccc12)C(=O)N[C@H](C(=O)N(C)[C@@H](CC(C)(C)C)C(=O)N[C@H]1CSCSC[C@@H](C(=O)N[C@@H](Cc2c[nH]c3ccccc23)C(=O)N2CCC[C@H]2C(N)=O)NC(=O)[C@H](CC(=O)O)NC(=O)[C@H](CCCCNC(=O)CN2CCN(CC(=O)O)CCN(CC(=O)O)CCN(CC(=O)O)CC2)NC(=O)[C@H](Cc2ccc3ccccc3c2)NC(=O)[C@H](CC(N)=O)NC(=O)[C@H](CC2CCNCC2)NC1=O)[C@@H](C)O. The number of piperidine rings is 1. The van der Waals surface area contributed by atoms with Crippen molar-refractivity contribution in [1.29, 1.82) is 0 Å². The number of fused-ring (bicyclic) bond motifs is 3. The summed E-state index contributed by atoms with van der Waals surface area (Å²) in [6.07, 6.45) is -0.516. The molecule has 4 aromatic carbocycles. The number of nitrogens with zero attached hydrogens (tertiary/aromatic N) is 6. The van der Waals surface area contributed by atoms with Gasteiger partial charge in [-0.15, -0.1) is 23.5 Å². The van der Waals surface area contributed by atoms with Gasteiger partial charge in [0.2, 0.25) is 88.6 Å². The van der Waals surface area contributed by atoms with Gasteiger partial charge in [-0.05, 0) is 129 Å². The second kappa shape index (κ2) is 56.0. The highest BCUT2D eigenvalue weighted by atomic mass is 32.2. The summed E-state index contributed by atoms with van der Waals surface area (Å²) in [7, 11) is 1.25. The lowest BCUT2D eigenvalue weighted by Gasteiger charge is -2.36. The molecule has 6 heterocycles. The number of carboxylic acid groups (broad SMARTS) is 4. The number of aliphatic hydroxyl groups is 1. The zero-order chi connectivity index (χ0) is 107. The Morgan fingerprint density at radius 2 is 1.05 bits per heavy atom. The lowest BCUT2D eigenvalue weighted by Crippen LogP contribution is -2.62. The van der Waals surface area contributed by atoms with Gasteiger partial charge in [0.15, 0.2) is 0 Å². The molecule has 0 saturated carbocycles. The summed E-state index contributed by atoms with van der Waals surface area (Å²) in [5.41, 5.74) is 13.9. The summed E-state index contributed by atoms with van der Waals surface area (Å²) in [5.74, 6) is -21.1. The zero-order valence-electron chi connectivity index (χ0n) is 83.4. The van der Waals surface area contributed by atoms with Crippen molar-refractivity contribution in [1.82, 2.24) is 103 Å². The van der Waals surface area contributed by atoms with Crippen LogP contribution in [0.15, 0.2) is 103 Å². The first-order valence-electron chi connectivity index (χ1n) is 49.2. The fourth-order valence-corrected chi connectivity index (χ4v) is 20.6. The molecular weight excluding hydrogens is 1950 g/mol. The van der Waals surface area contributed by atoms with E-state index in [9.17, 15) is 68.7 Å². The number of nitrogens with one attached hydrogen (secondary N) is 14. The fourth-order valence-electron chi connectivity index (χ4n) is 18.5. The van der Waals surface area contributed by atoms with E-state index < -0.39 is 247 Å². The van der Waals surface area contributed by atoms with Crippen molar-refractivity contribution in [3.05, 3.63) is 120 Å². The molecular formula is C99H138N22O24S2. The lowest BCUT2D eigenvalue weighted by atomic mass is 9.87. The van der Waals surface area contributed by atoms with Crippen LogP contribution >= 0.6 is 23.5 Å². The molecule has 23 N–H and O–H groups in total. The molecule has 800 valence electrons. The highest BCUT2D eigenvalue weighted by Gasteiger charge is 2.44. The summed E-state index contributed by atoms with van der Waals surface area (Å²) in [5, 5.41) is 86.9. The van der Waals surface area contributed by atoms with Crippen molar-refractivity contribution in [2.24, 2.45) is 22.8 Å². The number of H-pyrrole nitrogens is 2. The van der Waals surface area contributed by atoms with Gasteiger partial charge >= 0.3 is 23.9 Å². The highest BCUT2D eigenvalue weighted by Crippen LogP contribution is 2.29. The number of likely N-dealkylation sites (tertiary alicyclic amines) is 1. The van der Waals surface area contributed by atoms with Crippen molar-refractivity contribution >= 4 is 169 Å². The standard InChI is InChI=1S/C99H138N22O24S2/c1-57(122)86(115-93(140)72(106-58(2)123)43-63-48-104-67-20-11-9-18-65(63)67)98(145)116(6)79(47-99(3,4)5)96(143)114-77-55-147-56-146-54-76(95(142)112-75(97(144)121-31-15-23-78(121)87(101)134)44-64-49-105-68-21-12-10-19-66(64)68)113-92(139)74(46-82(126)127)111-88(135)69(22-13-14-28-103-81(125)50-117-32-34-118(51-83(128)129)36-38-120(53-85(132)133)39-37-119(35-33-117)52-84(130)131)107-89(136)71(42-60-24-25-61-16-7-8-17-62(61)40-60)108-91(138)73(45-80(100)124)110-90(137)70(109-94(77)141)41-59-26-29-102-30-27-59/h7-12,16-21,24-25,40,48-49,57,59,69-79,86,102,104-105,122H,13-15,22-23,26-39,41-47,50-56H2,1-6H3,(H2,100,124)(H2,101,134)(H,103,125)(H,106,123)(H,107,136)(H,108,138)(H,109,141)(H,110,137)(H,111,135)(H,112,142)(H,113,139)(H,114,143)(H,115,140)(H,126,127)(H,128,129)(H,130,131)(H,132,133)/t57-,69+,70+,71+,72+,73+,74+,75+,76+,77+,78+,79+,86+/m1/s1. The Morgan fingerprint density at radius 1 is 0.544 bits per heavy atom. The number of carbonyl (C=O) groups is 19. The molecule has 10 rings (SSSR count). The minimum Gasteiger partial charge on any atom is -0.481 e. The first kappa shape index (κ1) is 116. The predicted octanol–water partition coefficient (Wildman–Crippen LogP) is -2.24. The van der Waals surface area contributed by atoms with E-state index in [1.807, 2.05) is 18.2 Å². The fraction of sp³-hybridized carbons (Fsp3) is 0.545. The Hall–Kier alpha value is -13.4. The number of nitrogens with two attached hydrogens (primary N) is 2. The average molecular weight is 2080 g/mol. The van der Waals surface area contributed by atoms with E-state index in [0.717, 1.165) is 44.7 Å². The third-order valence-corrected chi connectivity index (χ3v) is 28.7. The first-order chi connectivity index (χ1) is 69.9. The molecule has 4 fully saturated rings. The lowest BCUT2D eigenvalue weighted by molar-refractivity contribution is -0.146. The van der Waals surface area contributed by atoms with Crippen molar-refractivity contribution in [3.63, 3.8) is 0 Å². The number of rotatable bonds is 38. The number of hydrogen-bond donors (Lipinski definition) is 21. The number of hydrogen-bond acceptors (Lipinski definition) is 27. The summed E-state index contributed by atoms with van der Waals surface area (Å²) < 4.78 is 0. The largest absolute Gasteiger partial charge is 0.481 e. The number of unbranched alkanes of at least 4 members (excludes halogenated alkanes) is 1. The van der Waals surface area contributed by atoms with Gasteiger partial charge < -0.3 is 121 Å². The van der Waals surface area contributed by atoms with Crippen molar-refractivity contribution < 1.29 is 117 Å². The molecule has 2 aromatic heterocycles. The van der Waals surface area contributed by atoms with Crippen LogP contribution in [0.5, 0.6) is 0 Å². The molecule has 0 unspecified atom stereocenters. The van der Waals surface area contributed by atoms with Crippen LogP contribution in [0.2, 0.25) is 0 Å². The Bertz CT molecular complexity index is 5640. The summed E-state index contributed by atoms with van der Waals surface area (Å²) in [4.78, 5) is 287. The van der Waals surface area contributed by atoms with Gasteiger partial charge in [0.1, 0.15) is 72.5 Å². The van der Waals surface area contributed by atoms with E-state index in [2.05, 4.69) is 73.8 Å². The second-order valence-electron chi connectivity index (χ2n) is 39.0. The molecule has 6 aromatic rings. The number of aliphatic hydroxyl groups excluding tert-OH is 1. The number of aliphatic carboxylic acids is 4. The Kier molecular flexibility index (Phi) is 44.0. The first-order valence-corrected chi connectivity index (χ1v) is 51.5. The average Bonchev–Trinajstić information content (AvgIpc) is 1.70. The third kappa shape index (κ3) is 36.3. The van der Waals surface area contributed by atoms with Crippen LogP contribution < -0.4 is 75.3 Å². The van der Waals surface area contributed by atoms with E-state index in [1.54, 1.807) is 126 Å². The molecule has 4 aliphatic rings. The van der Waals surface area contributed by atoms with Gasteiger partial charge in [-0.3, -0.25) is 111 Å². The summed E-state index contributed by atoms with van der Waals surface area (Å²) >= 11 is 1.89. The molecule has 46 nitrogen and oxygen atoms in total. The van der Waals surface area contributed by atoms with Crippen molar-refractivity contribution in [2.45, 2.75) is 203 Å². The topological polar surface area (TPSA) is 673 Å². The maximum absolute atomic E-state index is 15.8. The smallest absolute Gasteiger partial charge is 0.317 e. The maximum atomic E-state index is 15.8. The molecule has 0 radical (unpaired) electrons. The number of aromatic nitrogens is 2. The molecule has 147 heavy (non-hydrogen) atoms. The molecule has 0 bridgehead atoms.